The van der Waals surface area contributed by atoms with Gasteiger partial charge >= 0.3 is 5.97 Å². The highest BCUT2D eigenvalue weighted by Gasteiger charge is 2.20. The van der Waals surface area contributed by atoms with Gasteiger partial charge in [-0.25, -0.2) is 4.79 Å². The van der Waals surface area contributed by atoms with Crippen molar-refractivity contribution in [1.82, 2.24) is 0 Å². The molecular weight excluding hydrogens is 220 g/mol. The maximum absolute atomic E-state index is 11.8. The first kappa shape index (κ1) is 11.4. The molecule has 88 valence electrons. The number of furan rings is 1. The maximum Gasteiger partial charge on any atom is 0.379 e. The maximum atomic E-state index is 11.8. The summed E-state index contributed by atoms with van der Waals surface area (Å²) in [5, 5.41) is 0.642. The zero-order chi connectivity index (χ0) is 12.4. The molecule has 0 amide bonds. The van der Waals surface area contributed by atoms with E-state index in [-0.39, 0.29) is 6.61 Å². The number of ketones is 1. The van der Waals surface area contributed by atoms with Gasteiger partial charge in [0.25, 0.3) is 5.78 Å². The van der Waals surface area contributed by atoms with Crippen LogP contribution in [0.5, 0.6) is 0 Å². The average Bonchev–Trinajstić information content (AvgIpc) is 2.68. The second-order valence-electron chi connectivity index (χ2n) is 3.62. The van der Waals surface area contributed by atoms with Crippen LogP contribution in [0.1, 0.15) is 23.0 Å². The zero-order valence-corrected chi connectivity index (χ0v) is 9.65. The Kier molecular flexibility index (Phi) is 2.95. The van der Waals surface area contributed by atoms with E-state index in [4.69, 9.17) is 9.15 Å². The lowest BCUT2D eigenvalue weighted by Crippen LogP contribution is -2.17. The van der Waals surface area contributed by atoms with Gasteiger partial charge < -0.3 is 9.15 Å². The highest BCUT2D eigenvalue weighted by Crippen LogP contribution is 2.23. The summed E-state index contributed by atoms with van der Waals surface area (Å²) in [6.45, 7) is 3.64. The third kappa shape index (κ3) is 2.06. The molecule has 2 aromatic rings. The highest BCUT2D eigenvalue weighted by molar-refractivity contribution is 6.42. The molecule has 0 atom stereocenters. The van der Waals surface area contributed by atoms with E-state index < -0.39 is 11.8 Å². The lowest BCUT2D eigenvalue weighted by molar-refractivity contribution is -0.137. The minimum Gasteiger partial charge on any atom is -0.461 e. The number of carbonyl (C=O) groups excluding carboxylic acids is 2. The number of hydrogen-bond donors (Lipinski definition) is 0. The number of fused-ring (bicyclic) bond motifs is 1. The molecule has 17 heavy (non-hydrogen) atoms. The van der Waals surface area contributed by atoms with Crippen molar-refractivity contribution in [2.75, 3.05) is 6.61 Å². The smallest absolute Gasteiger partial charge is 0.379 e. The molecule has 1 aromatic carbocycles. The Morgan fingerprint density at radius 3 is 2.82 bits per heavy atom. The van der Waals surface area contributed by atoms with Crippen LogP contribution >= 0.6 is 0 Å². The van der Waals surface area contributed by atoms with Crippen molar-refractivity contribution in [2.45, 2.75) is 13.8 Å². The monoisotopic (exact) mass is 232 g/mol. The summed E-state index contributed by atoms with van der Waals surface area (Å²) in [6, 6.07) is 6.76. The van der Waals surface area contributed by atoms with Gasteiger partial charge in [0.05, 0.1) is 6.61 Å². The number of ether oxygens (including phenoxy) is 1. The summed E-state index contributed by atoms with van der Waals surface area (Å²) in [7, 11) is 0. The van der Waals surface area contributed by atoms with Gasteiger partial charge in [0.1, 0.15) is 11.3 Å². The fraction of sp³-hybridized carbons (Fsp3) is 0.231. The fourth-order valence-electron chi connectivity index (χ4n) is 1.69. The fourth-order valence-corrected chi connectivity index (χ4v) is 1.69. The molecule has 2 rings (SSSR count). The van der Waals surface area contributed by atoms with Crippen molar-refractivity contribution >= 4 is 22.7 Å². The second kappa shape index (κ2) is 4.41. The summed E-state index contributed by atoms with van der Waals surface area (Å²) in [6.07, 6.45) is 0. The molecule has 0 fully saturated rings. The van der Waals surface area contributed by atoms with Crippen LogP contribution in [0.4, 0.5) is 0 Å². The minimum atomic E-state index is -0.834. The highest BCUT2D eigenvalue weighted by atomic mass is 16.5. The van der Waals surface area contributed by atoms with Crippen LogP contribution in [0.25, 0.3) is 11.0 Å². The molecule has 4 nitrogen and oxygen atoms in total. The minimum absolute atomic E-state index is 0.185. The third-order valence-electron chi connectivity index (χ3n) is 2.39. The van der Waals surface area contributed by atoms with Gasteiger partial charge in [-0.15, -0.1) is 0 Å². The largest absolute Gasteiger partial charge is 0.461 e. The van der Waals surface area contributed by atoms with Gasteiger partial charge in [-0.05, 0) is 32.0 Å². The van der Waals surface area contributed by atoms with Gasteiger partial charge in [-0.1, -0.05) is 6.07 Å². The number of hydrogen-bond acceptors (Lipinski definition) is 4. The van der Waals surface area contributed by atoms with Gasteiger partial charge in [-0.2, -0.15) is 0 Å². The quantitative estimate of drug-likeness (QED) is 0.463. The standard InChI is InChI=1S/C13H12O4/c1-3-16-13(15)12(14)9-5-4-6-11-10(9)7-8(2)17-11/h4-7H,3H2,1-2H3. The normalized spacial score (nSPS) is 10.5. The van der Waals surface area contributed by atoms with Crippen molar-refractivity contribution in [2.24, 2.45) is 0 Å². The first-order valence-electron chi connectivity index (χ1n) is 5.34. The van der Waals surface area contributed by atoms with E-state index in [0.717, 1.165) is 0 Å². The Balaban J connectivity index is 2.48. The van der Waals surface area contributed by atoms with E-state index in [0.29, 0.717) is 22.3 Å². The summed E-state index contributed by atoms with van der Waals surface area (Å²) in [5.41, 5.74) is 0.912. The second-order valence-corrected chi connectivity index (χ2v) is 3.62. The Labute approximate surface area is 98.2 Å². The lowest BCUT2D eigenvalue weighted by Gasteiger charge is -2.01. The summed E-state index contributed by atoms with van der Waals surface area (Å²) < 4.78 is 10.1. The molecule has 4 heteroatoms. The molecule has 0 spiro atoms. The Morgan fingerprint density at radius 1 is 1.35 bits per heavy atom. The van der Waals surface area contributed by atoms with Crippen molar-refractivity contribution < 1.29 is 18.7 Å². The van der Waals surface area contributed by atoms with Gasteiger partial charge in [-0.3, -0.25) is 4.79 Å². The predicted molar refractivity (Wildman–Crippen MR) is 61.9 cm³/mol. The van der Waals surface area contributed by atoms with Crippen LogP contribution in [-0.2, 0) is 9.53 Å². The van der Waals surface area contributed by atoms with Crippen molar-refractivity contribution in [1.29, 1.82) is 0 Å². The molecule has 0 saturated heterocycles. The topological polar surface area (TPSA) is 56.5 Å². The SMILES string of the molecule is CCOC(=O)C(=O)c1cccc2oc(C)cc12. The summed E-state index contributed by atoms with van der Waals surface area (Å²) in [5.74, 6) is -0.777. The van der Waals surface area contributed by atoms with Crippen LogP contribution in [0.2, 0.25) is 0 Å². The number of carbonyl (C=O) groups is 2. The van der Waals surface area contributed by atoms with Crippen molar-refractivity contribution in [3.63, 3.8) is 0 Å². The van der Waals surface area contributed by atoms with Crippen molar-refractivity contribution in [3.8, 4) is 0 Å². The van der Waals surface area contributed by atoms with Gasteiger partial charge in [0, 0.05) is 10.9 Å². The van der Waals surface area contributed by atoms with E-state index in [9.17, 15) is 9.59 Å². The van der Waals surface area contributed by atoms with E-state index in [2.05, 4.69) is 0 Å². The first-order valence-corrected chi connectivity index (χ1v) is 5.34. The van der Waals surface area contributed by atoms with E-state index in [1.54, 1.807) is 38.1 Å². The molecule has 0 N–H and O–H groups in total. The Morgan fingerprint density at radius 2 is 2.12 bits per heavy atom. The molecule has 0 aliphatic carbocycles. The Hall–Kier alpha value is -2.10. The lowest BCUT2D eigenvalue weighted by atomic mass is 10.1. The molecule has 0 saturated carbocycles. The number of Topliss-reactive ketones (excluding diaryl/α,β-unsaturated/α-hetero) is 1. The van der Waals surface area contributed by atoms with E-state index in [1.807, 2.05) is 0 Å². The number of rotatable bonds is 3. The molecule has 0 unspecified atom stereocenters. The molecule has 1 heterocycles. The molecule has 0 aliphatic rings. The molecule has 0 bridgehead atoms. The van der Waals surface area contributed by atoms with Crippen LogP contribution < -0.4 is 0 Å². The molecule has 0 aliphatic heterocycles. The Bertz CT molecular complexity index is 580. The van der Waals surface area contributed by atoms with Gasteiger partial charge in [0.2, 0.25) is 0 Å². The first-order chi connectivity index (χ1) is 8.13. The molecule has 1 aromatic heterocycles. The van der Waals surface area contributed by atoms with Crippen molar-refractivity contribution in [3.05, 3.63) is 35.6 Å². The third-order valence-corrected chi connectivity index (χ3v) is 2.39. The zero-order valence-electron chi connectivity index (χ0n) is 9.65. The van der Waals surface area contributed by atoms with E-state index >= 15 is 0 Å². The van der Waals surface area contributed by atoms with Crippen LogP contribution in [0.3, 0.4) is 0 Å². The molecule has 0 radical (unpaired) electrons. The van der Waals surface area contributed by atoms with E-state index in [1.165, 1.54) is 0 Å². The average molecular weight is 232 g/mol. The summed E-state index contributed by atoms with van der Waals surface area (Å²) in [4.78, 5) is 23.2. The van der Waals surface area contributed by atoms with Gasteiger partial charge in [0.15, 0.2) is 0 Å². The summed E-state index contributed by atoms with van der Waals surface area (Å²) >= 11 is 0. The number of aryl methyl sites for hydroxylation is 1. The van der Waals surface area contributed by atoms with Crippen LogP contribution in [-0.4, -0.2) is 18.4 Å². The van der Waals surface area contributed by atoms with Crippen LogP contribution in [0, 0.1) is 6.92 Å². The van der Waals surface area contributed by atoms with Crippen LogP contribution in [0.15, 0.2) is 28.7 Å². The number of esters is 1. The predicted octanol–water partition coefficient (Wildman–Crippen LogP) is 2.49. The number of benzene rings is 1. The molecular formula is C13H12O4.